The zero-order valence-electron chi connectivity index (χ0n) is 10.2. The van der Waals surface area contributed by atoms with Crippen LogP contribution in [0.2, 0.25) is 0 Å². The third kappa shape index (κ3) is 16.1. The van der Waals surface area contributed by atoms with Gasteiger partial charge in [-0.05, 0) is 6.92 Å². The standard InChI is InChI=1S/C8H10O4.C3H7NO2/c1-3-7(9)11-5-6-12-8(10)4-2;1-2-6-3(4)5/h3-4H,1-2,5-6H2;2H2,1H3,(H2,4,5). The SMILES string of the molecule is C=CC(=O)OCCOC(=O)C=C.CCOC(N)=O. The highest BCUT2D eigenvalue weighted by Gasteiger charge is 1.97. The molecule has 1 amide bonds. The molecule has 18 heavy (non-hydrogen) atoms. The third-order valence-electron chi connectivity index (χ3n) is 1.19. The molecule has 0 aromatic heterocycles. The predicted molar refractivity (Wildman–Crippen MR) is 63.5 cm³/mol. The first-order valence-electron chi connectivity index (χ1n) is 4.98. The summed E-state index contributed by atoms with van der Waals surface area (Å²) in [5, 5.41) is 0. The van der Waals surface area contributed by atoms with Gasteiger partial charge in [0, 0.05) is 12.2 Å². The van der Waals surface area contributed by atoms with Crippen molar-refractivity contribution < 1.29 is 28.6 Å². The summed E-state index contributed by atoms with van der Waals surface area (Å²) in [6.45, 7) is 8.50. The molecule has 0 aliphatic rings. The van der Waals surface area contributed by atoms with Gasteiger partial charge in [0.1, 0.15) is 13.2 Å². The lowest BCUT2D eigenvalue weighted by Crippen LogP contribution is -2.11. The molecule has 102 valence electrons. The van der Waals surface area contributed by atoms with Crippen LogP contribution in [0.5, 0.6) is 0 Å². The molecule has 7 nitrogen and oxygen atoms in total. The van der Waals surface area contributed by atoms with Crippen LogP contribution in [0.25, 0.3) is 0 Å². The van der Waals surface area contributed by atoms with Crippen molar-refractivity contribution in [2.24, 2.45) is 5.73 Å². The van der Waals surface area contributed by atoms with Crippen molar-refractivity contribution in [3.63, 3.8) is 0 Å². The largest absolute Gasteiger partial charge is 0.459 e. The van der Waals surface area contributed by atoms with Crippen LogP contribution in [0.3, 0.4) is 0 Å². The number of esters is 2. The molecule has 0 unspecified atom stereocenters. The number of carbonyl (C=O) groups excluding carboxylic acids is 3. The van der Waals surface area contributed by atoms with Gasteiger partial charge in [0.15, 0.2) is 0 Å². The summed E-state index contributed by atoms with van der Waals surface area (Å²) in [5.74, 6) is -1.07. The number of primary amides is 1. The zero-order valence-corrected chi connectivity index (χ0v) is 10.2. The van der Waals surface area contributed by atoms with E-state index in [-0.39, 0.29) is 13.2 Å². The second-order valence-corrected chi connectivity index (χ2v) is 2.50. The maximum Gasteiger partial charge on any atom is 0.404 e. The Balaban J connectivity index is 0. The molecule has 0 radical (unpaired) electrons. The summed E-state index contributed by atoms with van der Waals surface area (Å²) in [6.07, 6.45) is 1.36. The number of hydrogen-bond donors (Lipinski definition) is 1. The van der Waals surface area contributed by atoms with Crippen LogP contribution in [-0.4, -0.2) is 37.9 Å². The van der Waals surface area contributed by atoms with E-state index in [0.29, 0.717) is 6.61 Å². The molecule has 0 rings (SSSR count). The first kappa shape index (κ1) is 18.1. The van der Waals surface area contributed by atoms with Crippen molar-refractivity contribution in [3.05, 3.63) is 25.3 Å². The highest BCUT2D eigenvalue weighted by molar-refractivity contribution is 5.81. The molecule has 7 heteroatoms. The topological polar surface area (TPSA) is 105 Å². The fourth-order valence-electron chi connectivity index (χ4n) is 0.545. The summed E-state index contributed by atoms with van der Waals surface area (Å²) in [4.78, 5) is 30.4. The molecule has 0 spiro atoms. The summed E-state index contributed by atoms with van der Waals surface area (Å²) in [6, 6.07) is 0. The van der Waals surface area contributed by atoms with Crippen molar-refractivity contribution in [2.45, 2.75) is 6.92 Å². The average molecular weight is 259 g/mol. The Bertz CT molecular complexity index is 278. The Morgan fingerprint density at radius 3 is 1.56 bits per heavy atom. The van der Waals surface area contributed by atoms with Crippen molar-refractivity contribution in [1.29, 1.82) is 0 Å². The van der Waals surface area contributed by atoms with E-state index in [2.05, 4.69) is 33.1 Å². The van der Waals surface area contributed by atoms with E-state index in [0.717, 1.165) is 12.2 Å². The number of nitrogens with two attached hydrogens (primary N) is 1. The van der Waals surface area contributed by atoms with Crippen LogP contribution in [0.15, 0.2) is 25.3 Å². The lowest BCUT2D eigenvalue weighted by molar-refractivity contribution is -0.146. The van der Waals surface area contributed by atoms with E-state index in [1.54, 1.807) is 6.92 Å². The molecular weight excluding hydrogens is 242 g/mol. The minimum atomic E-state index is -0.711. The first-order chi connectivity index (χ1) is 8.47. The summed E-state index contributed by atoms with van der Waals surface area (Å²) >= 11 is 0. The van der Waals surface area contributed by atoms with E-state index in [1.165, 1.54) is 0 Å². The minimum absolute atomic E-state index is 0.0322. The van der Waals surface area contributed by atoms with Gasteiger partial charge in [-0.3, -0.25) is 0 Å². The Hall–Kier alpha value is -2.31. The molecule has 0 fully saturated rings. The van der Waals surface area contributed by atoms with Crippen molar-refractivity contribution >= 4 is 18.0 Å². The molecule has 0 aliphatic heterocycles. The van der Waals surface area contributed by atoms with Gasteiger partial charge in [-0.2, -0.15) is 0 Å². The van der Waals surface area contributed by atoms with E-state index >= 15 is 0 Å². The fraction of sp³-hybridized carbons (Fsp3) is 0.364. The van der Waals surface area contributed by atoms with Gasteiger partial charge in [-0.1, -0.05) is 13.2 Å². The van der Waals surface area contributed by atoms with Gasteiger partial charge < -0.3 is 19.9 Å². The van der Waals surface area contributed by atoms with Gasteiger partial charge in [0.05, 0.1) is 6.61 Å². The molecule has 0 saturated carbocycles. The van der Waals surface area contributed by atoms with E-state index in [1.807, 2.05) is 0 Å². The van der Waals surface area contributed by atoms with Crippen molar-refractivity contribution in [3.8, 4) is 0 Å². The average Bonchev–Trinajstić information content (AvgIpc) is 2.34. The third-order valence-corrected chi connectivity index (χ3v) is 1.19. The van der Waals surface area contributed by atoms with Gasteiger partial charge in [0.2, 0.25) is 0 Å². The highest BCUT2D eigenvalue weighted by atomic mass is 16.6. The molecule has 0 aliphatic carbocycles. The Morgan fingerprint density at radius 1 is 1.00 bits per heavy atom. The van der Waals surface area contributed by atoms with Crippen LogP contribution in [0.1, 0.15) is 6.92 Å². The minimum Gasteiger partial charge on any atom is -0.459 e. The first-order valence-corrected chi connectivity index (χ1v) is 4.98. The lowest BCUT2D eigenvalue weighted by atomic mass is 10.6. The second kappa shape index (κ2) is 12.8. The molecular formula is C11H17NO6. The molecule has 0 bridgehead atoms. The second-order valence-electron chi connectivity index (χ2n) is 2.50. The summed E-state index contributed by atoms with van der Waals surface area (Å²) < 4.78 is 13.2. The monoisotopic (exact) mass is 259 g/mol. The molecule has 2 N–H and O–H groups in total. The highest BCUT2D eigenvalue weighted by Crippen LogP contribution is 1.82. The quantitative estimate of drug-likeness (QED) is 0.323. The van der Waals surface area contributed by atoms with Gasteiger partial charge >= 0.3 is 18.0 Å². The van der Waals surface area contributed by atoms with E-state index in [4.69, 9.17) is 0 Å². The summed E-state index contributed by atoms with van der Waals surface area (Å²) in [5.41, 5.74) is 4.54. The number of carbonyl (C=O) groups is 3. The smallest absolute Gasteiger partial charge is 0.404 e. The fourth-order valence-corrected chi connectivity index (χ4v) is 0.545. The maximum atomic E-state index is 10.4. The Kier molecular flexibility index (Phi) is 12.8. The molecule has 0 heterocycles. The van der Waals surface area contributed by atoms with E-state index in [9.17, 15) is 14.4 Å². The number of hydrogen-bond acceptors (Lipinski definition) is 6. The van der Waals surface area contributed by atoms with Crippen LogP contribution >= 0.6 is 0 Å². The summed E-state index contributed by atoms with van der Waals surface area (Å²) in [7, 11) is 0. The van der Waals surface area contributed by atoms with Crippen LogP contribution in [0.4, 0.5) is 4.79 Å². The Labute approximate surface area is 105 Å². The van der Waals surface area contributed by atoms with Gasteiger partial charge in [0.25, 0.3) is 0 Å². The van der Waals surface area contributed by atoms with Gasteiger partial charge in [-0.25, -0.2) is 14.4 Å². The molecule has 0 aromatic rings. The molecule has 0 atom stereocenters. The lowest BCUT2D eigenvalue weighted by Gasteiger charge is -2.01. The van der Waals surface area contributed by atoms with Crippen LogP contribution in [0, 0.1) is 0 Å². The normalized spacial score (nSPS) is 8.06. The van der Waals surface area contributed by atoms with E-state index < -0.39 is 18.0 Å². The molecule has 0 saturated heterocycles. The maximum absolute atomic E-state index is 10.4. The Morgan fingerprint density at radius 2 is 1.39 bits per heavy atom. The predicted octanol–water partition coefficient (Wildman–Crippen LogP) is 0.546. The number of ether oxygens (including phenoxy) is 3. The van der Waals surface area contributed by atoms with Crippen LogP contribution in [-0.2, 0) is 23.8 Å². The van der Waals surface area contributed by atoms with Crippen molar-refractivity contribution in [2.75, 3.05) is 19.8 Å². The number of rotatable bonds is 6. The number of amides is 1. The molecule has 0 aromatic carbocycles. The zero-order chi connectivity index (χ0) is 14.4. The van der Waals surface area contributed by atoms with Crippen LogP contribution < -0.4 is 5.73 Å². The van der Waals surface area contributed by atoms with Gasteiger partial charge in [-0.15, -0.1) is 0 Å². The van der Waals surface area contributed by atoms with Crippen molar-refractivity contribution in [1.82, 2.24) is 0 Å².